The summed E-state index contributed by atoms with van der Waals surface area (Å²) >= 11 is 0. The topological polar surface area (TPSA) is 42.2 Å². The van der Waals surface area contributed by atoms with Crippen molar-refractivity contribution in [3.8, 4) is 11.4 Å². The van der Waals surface area contributed by atoms with Gasteiger partial charge in [0.15, 0.2) is 0 Å². The quantitative estimate of drug-likeness (QED) is 0.608. The molecule has 1 aromatic carbocycles. The number of nitrogens with zero attached hydrogens (tertiary/aromatic N) is 3. The van der Waals surface area contributed by atoms with E-state index < -0.39 is 0 Å². The second-order valence-corrected chi connectivity index (χ2v) is 5.45. The van der Waals surface area contributed by atoms with Gasteiger partial charge in [-0.25, -0.2) is 4.98 Å². The fraction of sp³-hybridized carbons (Fsp3) is 0.0526. The number of benzene rings is 1. The van der Waals surface area contributed by atoms with Crippen molar-refractivity contribution in [1.82, 2.24) is 14.4 Å². The zero-order valence-corrected chi connectivity index (χ0v) is 12.8. The summed E-state index contributed by atoms with van der Waals surface area (Å²) in [5, 5.41) is 3.48. The lowest BCUT2D eigenvalue weighted by atomic mass is 10.2. The van der Waals surface area contributed by atoms with Gasteiger partial charge in [-0.15, -0.1) is 0 Å². The lowest BCUT2D eigenvalue weighted by molar-refractivity contribution is 1.16. The molecule has 4 rings (SSSR count). The van der Waals surface area contributed by atoms with Crippen molar-refractivity contribution in [2.24, 2.45) is 0 Å². The minimum atomic E-state index is 0.847. The van der Waals surface area contributed by atoms with E-state index in [4.69, 9.17) is 4.98 Å². The first-order chi connectivity index (χ1) is 11.3. The third-order valence-electron chi connectivity index (χ3n) is 3.71. The maximum absolute atomic E-state index is 4.76. The first-order valence-corrected chi connectivity index (χ1v) is 7.53. The van der Waals surface area contributed by atoms with Crippen molar-refractivity contribution in [2.75, 3.05) is 5.32 Å². The van der Waals surface area contributed by atoms with Crippen LogP contribution in [0.4, 0.5) is 11.5 Å². The highest BCUT2D eigenvalue weighted by atomic mass is 15.1. The standard InChI is InChI=1S/C19H16N4/c1-14-10-11-17-22-18(16-9-5-6-12-20-16)19(23(17)13-14)21-15-7-3-2-4-8-15/h2-13,21H,1H3. The van der Waals surface area contributed by atoms with Crippen LogP contribution < -0.4 is 5.32 Å². The molecular formula is C19H16N4. The summed E-state index contributed by atoms with van der Waals surface area (Å²) in [6.45, 7) is 2.08. The largest absolute Gasteiger partial charge is 0.339 e. The van der Waals surface area contributed by atoms with Gasteiger partial charge in [0, 0.05) is 18.1 Å². The molecule has 23 heavy (non-hydrogen) atoms. The molecule has 0 aliphatic heterocycles. The molecule has 0 saturated heterocycles. The molecule has 0 aliphatic carbocycles. The van der Waals surface area contributed by atoms with E-state index in [0.717, 1.165) is 28.5 Å². The van der Waals surface area contributed by atoms with E-state index in [0.29, 0.717) is 0 Å². The molecule has 0 bridgehead atoms. The van der Waals surface area contributed by atoms with E-state index in [2.05, 4.69) is 33.9 Å². The molecule has 0 radical (unpaired) electrons. The molecular weight excluding hydrogens is 284 g/mol. The zero-order chi connectivity index (χ0) is 15.6. The number of aromatic nitrogens is 3. The number of imidazole rings is 1. The van der Waals surface area contributed by atoms with Gasteiger partial charge in [0.25, 0.3) is 0 Å². The lowest BCUT2D eigenvalue weighted by Crippen LogP contribution is -1.97. The fourth-order valence-electron chi connectivity index (χ4n) is 2.61. The van der Waals surface area contributed by atoms with Crippen LogP contribution in [0.25, 0.3) is 17.0 Å². The smallest absolute Gasteiger partial charge is 0.144 e. The van der Waals surface area contributed by atoms with Crippen LogP contribution >= 0.6 is 0 Å². The van der Waals surface area contributed by atoms with Gasteiger partial charge in [-0.2, -0.15) is 0 Å². The summed E-state index contributed by atoms with van der Waals surface area (Å²) in [5.74, 6) is 0.925. The maximum Gasteiger partial charge on any atom is 0.144 e. The van der Waals surface area contributed by atoms with Gasteiger partial charge in [-0.3, -0.25) is 9.38 Å². The van der Waals surface area contributed by atoms with E-state index in [1.54, 1.807) is 6.20 Å². The third-order valence-corrected chi connectivity index (χ3v) is 3.71. The first-order valence-electron chi connectivity index (χ1n) is 7.53. The summed E-state index contributed by atoms with van der Waals surface area (Å²) in [4.78, 5) is 9.21. The van der Waals surface area contributed by atoms with Crippen LogP contribution in [0.2, 0.25) is 0 Å². The average Bonchev–Trinajstić information content (AvgIpc) is 2.95. The predicted molar refractivity (Wildman–Crippen MR) is 92.9 cm³/mol. The summed E-state index contributed by atoms with van der Waals surface area (Å²) in [6.07, 6.45) is 3.87. The van der Waals surface area contributed by atoms with E-state index in [1.807, 2.05) is 54.6 Å². The van der Waals surface area contributed by atoms with E-state index in [1.165, 1.54) is 5.56 Å². The second-order valence-electron chi connectivity index (χ2n) is 5.45. The molecule has 4 nitrogen and oxygen atoms in total. The normalized spacial score (nSPS) is 10.8. The van der Waals surface area contributed by atoms with Crippen LogP contribution in [0.1, 0.15) is 5.56 Å². The molecule has 1 N–H and O–H groups in total. The number of pyridine rings is 2. The van der Waals surface area contributed by atoms with Crippen molar-refractivity contribution in [3.63, 3.8) is 0 Å². The monoisotopic (exact) mass is 300 g/mol. The number of hydrogen-bond acceptors (Lipinski definition) is 3. The Labute approximate surface area is 134 Å². The summed E-state index contributed by atoms with van der Waals surface area (Å²) in [5.41, 5.74) is 4.80. The molecule has 0 aliphatic rings. The number of anilines is 2. The molecule has 4 aromatic rings. The highest BCUT2D eigenvalue weighted by Gasteiger charge is 2.15. The Bertz CT molecular complexity index is 943. The van der Waals surface area contributed by atoms with Crippen LogP contribution in [0.5, 0.6) is 0 Å². The number of hydrogen-bond donors (Lipinski definition) is 1. The van der Waals surface area contributed by atoms with Crippen molar-refractivity contribution in [3.05, 3.63) is 78.6 Å². The van der Waals surface area contributed by atoms with Crippen LogP contribution in [-0.2, 0) is 0 Å². The summed E-state index contributed by atoms with van der Waals surface area (Å²) in [7, 11) is 0. The van der Waals surface area contributed by atoms with Crippen LogP contribution in [0.3, 0.4) is 0 Å². The number of aryl methyl sites for hydroxylation is 1. The van der Waals surface area contributed by atoms with Crippen molar-refractivity contribution < 1.29 is 0 Å². The molecule has 0 amide bonds. The van der Waals surface area contributed by atoms with Gasteiger partial charge in [-0.05, 0) is 42.8 Å². The van der Waals surface area contributed by atoms with Gasteiger partial charge in [0.05, 0.1) is 5.69 Å². The highest BCUT2D eigenvalue weighted by molar-refractivity contribution is 5.77. The zero-order valence-electron chi connectivity index (χ0n) is 12.8. The number of para-hydroxylation sites is 1. The molecule has 0 unspecified atom stereocenters. The van der Waals surface area contributed by atoms with E-state index in [-0.39, 0.29) is 0 Å². The van der Waals surface area contributed by atoms with Crippen LogP contribution in [0.15, 0.2) is 73.1 Å². The van der Waals surface area contributed by atoms with Crippen LogP contribution in [-0.4, -0.2) is 14.4 Å². The molecule has 112 valence electrons. The minimum Gasteiger partial charge on any atom is -0.339 e. The Kier molecular flexibility index (Phi) is 3.27. The minimum absolute atomic E-state index is 0.847. The first kappa shape index (κ1) is 13.5. The Morgan fingerprint density at radius 2 is 1.74 bits per heavy atom. The number of rotatable bonds is 3. The Balaban J connectivity index is 1.93. The molecule has 0 fully saturated rings. The Morgan fingerprint density at radius 3 is 2.52 bits per heavy atom. The van der Waals surface area contributed by atoms with Crippen molar-refractivity contribution in [2.45, 2.75) is 6.92 Å². The summed E-state index contributed by atoms with van der Waals surface area (Å²) in [6, 6.07) is 20.1. The Hall–Kier alpha value is -3.14. The second kappa shape index (κ2) is 5.57. The lowest BCUT2D eigenvalue weighted by Gasteiger charge is -2.09. The molecule has 3 aromatic heterocycles. The molecule has 0 atom stereocenters. The van der Waals surface area contributed by atoms with E-state index >= 15 is 0 Å². The Morgan fingerprint density at radius 1 is 0.913 bits per heavy atom. The molecule has 0 spiro atoms. The van der Waals surface area contributed by atoms with Gasteiger partial charge < -0.3 is 5.32 Å². The van der Waals surface area contributed by atoms with Gasteiger partial charge >= 0.3 is 0 Å². The fourth-order valence-corrected chi connectivity index (χ4v) is 2.61. The molecule has 4 heteroatoms. The van der Waals surface area contributed by atoms with Gasteiger partial charge in [0.2, 0.25) is 0 Å². The summed E-state index contributed by atoms with van der Waals surface area (Å²) < 4.78 is 2.08. The predicted octanol–water partition coefficient (Wildman–Crippen LogP) is 4.45. The average molecular weight is 300 g/mol. The van der Waals surface area contributed by atoms with Gasteiger partial charge in [-0.1, -0.05) is 30.3 Å². The van der Waals surface area contributed by atoms with E-state index in [9.17, 15) is 0 Å². The highest BCUT2D eigenvalue weighted by Crippen LogP contribution is 2.30. The van der Waals surface area contributed by atoms with Crippen molar-refractivity contribution in [1.29, 1.82) is 0 Å². The van der Waals surface area contributed by atoms with Gasteiger partial charge in [0.1, 0.15) is 17.2 Å². The number of nitrogens with one attached hydrogen (secondary N) is 1. The molecule has 3 heterocycles. The van der Waals surface area contributed by atoms with Crippen molar-refractivity contribution >= 4 is 17.2 Å². The third kappa shape index (κ3) is 2.55. The molecule has 0 saturated carbocycles. The van der Waals surface area contributed by atoms with Crippen LogP contribution in [0, 0.1) is 6.92 Å². The SMILES string of the molecule is Cc1ccc2nc(-c3ccccn3)c(Nc3ccccc3)n2c1. The maximum atomic E-state index is 4.76. The number of fused-ring (bicyclic) bond motifs is 1.